The van der Waals surface area contributed by atoms with Crippen molar-refractivity contribution in [2.75, 3.05) is 64.9 Å². The molecule has 10 rings (SSSR count). The van der Waals surface area contributed by atoms with Crippen LogP contribution in [0.15, 0.2) is 127 Å². The van der Waals surface area contributed by atoms with Crippen molar-refractivity contribution in [1.29, 1.82) is 5.41 Å². The summed E-state index contributed by atoms with van der Waals surface area (Å²) in [6, 6.07) is 26.2. The molecule has 0 radical (unpaired) electrons. The fourth-order valence-electron chi connectivity index (χ4n) is 12.3. The maximum atomic E-state index is 14.3. The Balaban J connectivity index is 0.835. The number of phosphoric acid groups is 2. The second-order valence-electron chi connectivity index (χ2n) is 23.6. The lowest BCUT2D eigenvalue weighted by atomic mass is 9.67. The molecule has 514 valence electrons. The van der Waals surface area contributed by atoms with E-state index in [1.807, 2.05) is 0 Å². The number of hydrogen-bond donors (Lipinski definition) is 10. The average molecular weight is 1420 g/mol. The Kier molecular flexibility index (Phi) is 23.0. The largest absolute Gasteiger partial charge is 0.524 e. The van der Waals surface area contributed by atoms with Crippen molar-refractivity contribution in [1.82, 2.24) is 21.0 Å². The molecule has 27 nitrogen and oxygen atoms in total. The summed E-state index contributed by atoms with van der Waals surface area (Å²) in [5, 5.41) is 20.3. The van der Waals surface area contributed by atoms with Crippen molar-refractivity contribution in [2.24, 2.45) is 5.41 Å². The number of nitrogens with zero attached hydrogens (tertiary/aromatic N) is 3. The second-order valence-corrected chi connectivity index (χ2v) is 26.5. The molecule has 31 heteroatoms. The van der Waals surface area contributed by atoms with Crippen LogP contribution in [0.1, 0.15) is 91.0 Å². The summed E-state index contributed by atoms with van der Waals surface area (Å²) in [7, 11) is -10.1. The molecule has 3 heterocycles. The lowest BCUT2D eigenvalue weighted by Gasteiger charge is -2.39. The van der Waals surface area contributed by atoms with Crippen LogP contribution in [0.4, 0.5) is 27.5 Å². The number of hydroxylamine groups is 1. The Morgan fingerprint density at radius 3 is 1.79 bits per heavy atom. The molecule has 0 saturated heterocycles. The number of unbranched alkanes of at least 4 members (excludes halogenated alkanes) is 2. The molecular formula is C67H69Cl2N9O18P2. The fourth-order valence-corrected chi connectivity index (χ4v) is 13.6. The van der Waals surface area contributed by atoms with Crippen LogP contribution in [0, 0.1) is 10.8 Å². The minimum atomic E-state index is -5.06. The van der Waals surface area contributed by atoms with Gasteiger partial charge in [-0.3, -0.25) is 68.8 Å². The molecule has 6 aromatic rings. The molecule has 3 atom stereocenters. The predicted octanol–water partition coefficient (Wildman–Crippen LogP) is 9.16. The van der Waals surface area contributed by atoms with Crippen LogP contribution < -0.4 is 45.6 Å². The van der Waals surface area contributed by atoms with Gasteiger partial charge in [0.15, 0.2) is 6.40 Å². The lowest BCUT2D eigenvalue weighted by molar-refractivity contribution is -0.151. The molecule has 6 aromatic carbocycles. The number of benzene rings is 6. The molecule has 1 saturated carbocycles. The molecule has 8 amide bonds. The fraction of sp³-hybridized carbons (Fsp3) is 0.299. The first-order valence-electron chi connectivity index (χ1n) is 31.2. The maximum absolute atomic E-state index is 14.3. The van der Waals surface area contributed by atoms with Gasteiger partial charge in [0.2, 0.25) is 17.7 Å². The van der Waals surface area contributed by atoms with Crippen molar-refractivity contribution in [3.63, 3.8) is 0 Å². The van der Waals surface area contributed by atoms with Crippen LogP contribution >= 0.6 is 38.8 Å². The topological polar surface area (TPSA) is 382 Å². The number of alkyl halides is 2. The molecule has 1 fully saturated rings. The molecule has 0 spiro atoms. The Morgan fingerprint density at radius 2 is 1.24 bits per heavy atom. The van der Waals surface area contributed by atoms with Crippen molar-refractivity contribution in [2.45, 2.75) is 75.9 Å². The van der Waals surface area contributed by atoms with E-state index in [2.05, 4.69) is 26.7 Å². The van der Waals surface area contributed by atoms with Crippen molar-refractivity contribution >= 4 is 149 Å². The predicted molar refractivity (Wildman–Crippen MR) is 366 cm³/mol. The lowest BCUT2D eigenvalue weighted by Crippen LogP contribution is -2.58. The van der Waals surface area contributed by atoms with E-state index in [-0.39, 0.29) is 117 Å². The van der Waals surface area contributed by atoms with Crippen LogP contribution in [0.5, 0.6) is 11.5 Å². The molecule has 0 bridgehead atoms. The van der Waals surface area contributed by atoms with Gasteiger partial charge >= 0.3 is 21.7 Å². The summed E-state index contributed by atoms with van der Waals surface area (Å²) in [5.41, 5.74) is 4.71. The number of anilines is 4. The van der Waals surface area contributed by atoms with Crippen molar-refractivity contribution in [3.8, 4) is 11.5 Å². The SMILES string of the molecule is N=CONCCC[C@H](NC(=O)C1(C(=O)NCCCCCN2C(=O)C=CC2=O)CCC1)C(=O)Nc1ccc(COC(=O)Nc2cc(/C=C/C(=O)N3C[C@@H](CCl)c4c3cc(OP(=O)(O)O)c3ccccc43)ccc2/C=C/C(=O)N2C[C@@H](CCl)c3c2cc(OP(=O)(O)O)c2ccccc32)cc1. The highest BCUT2D eigenvalue weighted by molar-refractivity contribution is 7.47. The third kappa shape index (κ3) is 17.0. The van der Waals surface area contributed by atoms with E-state index < -0.39 is 62.7 Å². The van der Waals surface area contributed by atoms with Crippen LogP contribution in [0.25, 0.3) is 33.7 Å². The summed E-state index contributed by atoms with van der Waals surface area (Å²) in [5.74, 6) is -4.38. The van der Waals surface area contributed by atoms with Gasteiger partial charge in [-0.15, -0.1) is 23.2 Å². The van der Waals surface area contributed by atoms with Crippen molar-refractivity contribution < 1.29 is 85.7 Å². The number of hydrogen-bond acceptors (Lipinski definition) is 16. The van der Waals surface area contributed by atoms with Crippen LogP contribution in [0.2, 0.25) is 0 Å². The average Bonchev–Trinajstić information content (AvgIpc) is 1.56. The van der Waals surface area contributed by atoms with E-state index in [1.54, 1.807) is 84.9 Å². The molecule has 0 unspecified atom stereocenters. The van der Waals surface area contributed by atoms with Gasteiger partial charge in [-0.05, 0) is 114 Å². The zero-order valence-electron chi connectivity index (χ0n) is 52.4. The zero-order valence-corrected chi connectivity index (χ0v) is 55.7. The summed E-state index contributed by atoms with van der Waals surface area (Å²) in [4.78, 5) is 156. The molecule has 4 aliphatic rings. The zero-order chi connectivity index (χ0) is 69.9. The van der Waals surface area contributed by atoms with Crippen LogP contribution in [-0.2, 0) is 58.9 Å². The van der Waals surface area contributed by atoms with Gasteiger partial charge in [-0.1, -0.05) is 79.2 Å². The third-order valence-corrected chi connectivity index (χ3v) is 18.8. The first-order valence-corrected chi connectivity index (χ1v) is 35.3. The Labute approximate surface area is 571 Å². The Bertz CT molecular complexity index is 4290. The minimum Gasteiger partial charge on any atom is -0.444 e. The monoisotopic (exact) mass is 1420 g/mol. The number of carbonyl (C=O) groups is 8. The number of nitrogens with one attached hydrogen (secondary N) is 6. The number of halogens is 2. The van der Waals surface area contributed by atoms with Gasteiger partial charge in [0.05, 0.1) is 17.1 Å². The molecular weight excluding hydrogens is 1350 g/mol. The first kappa shape index (κ1) is 71.5. The first-order chi connectivity index (χ1) is 47.0. The van der Waals surface area contributed by atoms with Crippen molar-refractivity contribution in [3.05, 3.63) is 155 Å². The van der Waals surface area contributed by atoms with E-state index in [1.165, 1.54) is 64.5 Å². The number of fused-ring (bicyclic) bond motifs is 6. The highest BCUT2D eigenvalue weighted by Crippen LogP contribution is 2.51. The van der Waals surface area contributed by atoms with E-state index in [0.29, 0.717) is 99.4 Å². The number of carbonyl (C=O) groups excluding carboxylic acids is 8. The molecule has 98 heavy (non-hydrogen) atoms. The highest BCUT2D eigenvalue weighted by atomic mass is 35.5. The summed E-state index contributed by atoms with van der Waals surface area (Å²) in [6.07, 6.45) is 10.8. The minimum absolute atomic E-state index is 0.0918. The highest BCUT2D eigenvalue weighted by Gasteiger charge is 2.51. The van der Waals surface area contributed by atoms with Gasteiger partial charge in [0.25, 0.3) is 23.6 Å². The molecule has 1 aliphatic carbocycles. The second kappa shape index (κ2) is 31.5. The number of rotatable bonds is 30. The van der Waals surface area contributed by atoms with Crippen LogP contribution in [0.3, 0.4) is 0 Å². The normalized spacial score (nSPS) is 16.6. The number of phosphoric ester groups is 2. The van der Waals surface area contributed by atoms with Gasteiger partial charge in [0, 0.05) is 109 Å². The standard InChI is InChI=1S/C67H69Cl2N9O18P2/c68-35-44-37-77(53-33-55(95-97(87,88)89)47-10-2-4-12-49(47)61(44)53)59(81)23-18-41-15-19-43(20-24-60(82)78-38-45(36-69)62-50-13-5-3-11-48(50)56(34-54(62)78)96-98(90,91)92)52(32-41)75-66(86)93-39-42-16-21-46(22-17-42)73-63(83)51(14-8-30-72-94-40-70)74-65(85)67(27-9-28-67)64(84)71-29-6-1-7-31-76-57(79)25-26-58(76)80/h2-5,10-13,15-26,32-34,40,44-45,51,70,72H,1,6-9,14,27-31,35-39H2,(H,71,84)(H,73,83)(H,74,85)(H,75,86)(H2,87,88,89)(H2,90,91,92)/b23-18+,24-20+,70-40?/t44-,45-,51+/m1/s1. The molecule has 10 N–H and O–H groups in total. The maximum Gasteiger partial charge on any atom is 0.524 e. The Hall–Kier alpha value is -9.27. The smallest absolute Gasteiger partial charge is 0.444 e. The quantitative estimate of drug-likeness (QED) is 0.00231. The molecule has 0 aromatic heterocycles. The Morgan fingerprint density at radius 1 is 0.673 bits per heavy atom. The summed E-state index contributed by atoms with van der Waals surface area (Å²) < 4.78 is 40.1. The van der Waals surface area contributed by atoms with E-state index in [4.69, 9.17) is 47.2 Å². The van der Waals surface area contributed by atoms with E-state index >= 15 is 0 Å². The van der Waals surface area contributed by atoms with E-state index in [0.717, 1.165) is 4.90 Å². The summed E-state index contributed by atoms with van der Waals surface area (Å²) >= 11 is 13.0. The van der Waals surface area contributed by atoms with Gasteiger partial charge in [0.1, 0.15) is 29.6 Å². The third-order valence-electron chi connectivity index (χ3n) is 17.2. The number of ether oxygens (including phenoxy) is 1. The van der Waals surface area contributed by atoms with Gasteiger partial charge in [-0.2, -0.15) is 5.48 Å². The summed E-state index contributed by atoms with van der Waals surface area (Å²) in [6.45, 7) is 0.634. The number of imide groups is 1. The number of amides is 8. The van der Waals surface area contributed by atoms with E-state index in [9.17, 15) is 67.1 Å². The van der Waals surface area contributed by atoms with Gasteiger partial charge in [-0.25, -0.2) is 13.9 Å². The van der Waals surface area contributed by atoms with Crippen LogP contribution in [-0.4, -0.2) is 129 Å². The van der Waals surface area contributed by atoms with Gasteiger partial charge < -0.3 is 44.4 Å². The molecule has 3 aliphatic heterocycles.